The van der Waals surface area contributed by atoms with Crippen LogP contribution in [0, 0.1) is 11.8 Å². The molecule has 18 heavy (non-hydrogen) atoms. The van der Waals surface area contributed by atoms with Gasteiger partial charge in [0, 0.05) is 5.16 Å². The third-order valence-electron chi connectivity index (χ3n) is 5.27. The number of rotatable bonds is 4. The maximum atomic E-state index is 3.31. The Bertz CT molecular complexity index is 239. The van der Waals surface area contributed by atoms with Crippen molar-refractivity contribution in [3.63, 3.8) is 0 Å². The highest BCUT2D eigenvalue weighted by Crippen LogP contribution is 2.49. The zero-order valence-electron chi connectivity index (χ0n) is 12.2. The fourth-order valence-electron chi connectivity index (χ4n) is 4.13. The largest absolute Gasteiger partial charge is 0.126 e. The van der Waals surface area contributed by atoms with Crippen LogP contribution in [0.3, 0.4) is 0 Å². The Morgan fingerprint density at radius 3 is 1.72 bits per heavy atom. The quantitative estimate of drug-likeness (QED) is 0.450. The molecule has 104 valence electrons. The molecule has 0 aromatic carbocycles. The molecule has 0 heterocycles. The predicted molar refractivity (Wildman–Crippen MR) is 85.0 cm³/mol. The van der Waals surface area contributed by atoms with E-state index in [2.05, 4.69) is 28.3 Å². The zero-order chi connectivity index (χ0) is 12.8. The van der Waals surface area contributed by atoms with Crippen molar-refractivity contribution in [2.45, 2.75) is 82.7 Å². The van der Waals surface area contributed by atoms with Crippen molar-refractivity contribution < 1.29 is 0 Å². The summed E-state index contributed by atoms with van der Waals surface area (Å²) >= 11 is 0. The lowest BCUT2D eigenvalue weighted by atomic mass is 9.68. The van der Waals surface area contributed by atoms with Crippen LogP contribution in [0.25, 0.3) is 0 Å². The fraction of sp³-hybridized carbons (Fsp3) is 0.882. The zero-order valence-corrected chi connectivity index (χ0v) is 13.3. The van der Waals surface area contributed by atoms with Gasteiger partial charge in [-0.3, -0.25) is 0 Å². The minimum Gasteiger partial charge on any atom is -0.126 e. The van der Waals surface area contributed by atoms with E-state index in [0.717, 1.165) is 11.8 Å². The van der Waals surface area contributed by atoms with Gasteiger partial charge in [-0.1, -0.05) is 57.6 Å². The predicted octanol–water partition coefficient (Wildman–Crippen LogP) is 5.73. The third-order valence-corrected chi connectivity index (χ3v) is 6.40. The topological polar surface area (TPSA) is 0 Å². The van der Waals surface area contributed by atoms with Gasteiger partial charge in [0.25, 0.3) is 0 Å². The normalized spacial score (nSPS) is 24.8. The Morgan fingerprint density at radius 2 is 1.33 bits per heavy atom. The van der Waals surface area contributed by atoms with E-state index in [1.54, 1.807) is 0 Å². The van der Waals surface area contributed by atoms with E-state index in [-0.39, 0.29) is 0 Å². The molecule has 1 atom stereocenters. The van der Waals surface area contributed by atoms with Crippen molar-refractivity contribution in [3.8, 4) is 0 Å². The summed E-state index contributed by atoms with van der Waals surface area (Å²) in [7, 11) is 3.31. The van der Waals surface area contributed by atoms with Gasteiger partial charge in [0.15, 0.2) is 0 Å². The molecule has 0 aromatic heterocycles. The lowest BCUT2D eigenvalue weighted by Gasteiger charge is -2.45. The van der Waals surface area contributed by atoms with E-state index in [0.29, 0.717) is 5.16 Å². The molecule has 0 amide bonds. The SMILES string of the molecule is CCC=CC(P)(C1CCCCC1)C1CCCCC1. The maximum absolute atomic E-state index is 3.31. The van der Waals surface area contributed by atoms with Crippen LogP contribution in [0.1, 0.15) is 77.6 Å². The van der Waals surface area contributed by atoms with Crippen molar-refractivity contribution in [3.05, 3.63) is 12.2 Å². The first kappa shape index (κ1) is 14.6. The Balaban J connectivity index is 2.11. The highest BCUT2D eigenvalue weighted by Gasteiger charge is 2.39. The van der Waals surface area contributed by atoms with Gasteiger partial charge >= 0.3 is 0 Å². The van der Waals surface area contributed by atoms with E-state index >= 15 is 0 Å². The van der Waals surface area contributed by atoms with Crippen LogP contribution in [0.2, 0.25) is 0 Å². The smallest absolute Gasteiger partial charge is 0.00831 e. The lowest BCUT2D eigenvalue weighted by molar-refractivity contribution is 0.208. The number of hydrogen-bond donors (Lipinski definition) is 0. The standard InChI is InChI=1S/C17H31P/c1-2-3-14-17(18,15-10-6-4-7-11-15)16-12-8-5-9-13-16/h3,14-16H,2,4-13,18H2,1H3. The second-order valence-electron chi connectivity index (χ2n) is 6.48. The second-order valence-corrected chi connectivity index (χ2v) is 7.48. The molecular formula is C17H31P. The fourth-order valence-corrected chi connectivity index (χ4v) is 4.94. The molecule has 2 rings (SSSR count). The Kier molecular flexibility index (Phi) is 5.74. The summed E-state index contributed by atoms with van der Waals surface area (Å²) in [5.74, 6) is 1.87. The molecule has 0 radical (unpaired) electrons. The van der Waals surface area contributed by atoms with Crippen LogP contribution in [0.15, 0.2) is 12.2 Å². The van der Waals surface area contributed by atoms with Crippen molar-refractivity contribution >= 4 is 9.24 Å². The Morgan fingerprint density at radius 1 is 0.889 bits per heavy atom. The van der Waals surface area contributed by atoms with Gasteiger partial charge < -0.3 is 0 Å². The van der Waals surface area contributed by atoms with E-state index in [4.69, 9.17) is 0 Å². The molecule has 1 unspecified atom stereocenters. The van der Waals surface area contributed by atoms with E-state index in [1.165, 1.54) is 70.6 Å². The lowest BCUT2D eigenvalue weighted by Crippen LogP contribution is -2.39. The first-order valence-corrected chi connectivity index (χ1v) is 8.81. The molecule has 0 aromatic rings. The summed E-state index contributed by atoms with van der Waals surface area (Å²) in [6.45, 7) is 2.27. The van der Waals surface area contributed by atoms with Gasteiger partial charge in [-0.15, -0.1) is 9.24 Å². The highest BCUT2D eigenvalue weighted by atomic mass is 31.0. The molecule has 0 saturated heterocycles. The summed E-state index contributed by atoms with van der Waals surface area (Å²) < 4.78 is 0. The average molecular weight is 266 g/mol. The van der Waals surface area contributed by atoms with Gasteiger partial charge in [0.05, 0.1) is 0 Å². The molecule has 1 heteroatoms. The van der Waals surface area contributed by atoms with Crippen molar-refractivity contribution in [2.75, 3.05) is 0 Å². The summed E-state index contributed by atoms with van der Waals surface area (Å²) in [4.78, 5) is 0. The summed E-state index contributed by atoms with van der Waals surface area (Å²) in [6, 6.07) is 0. The molecule has 2 aliphatic rings. The maximum Gasteiger partial charge on any atom is 0.00831 e. The van der Waals surface area contributed by atoms with E-state index in [9.17, 15) is 0 Å². The molecule has 0 bridgehead atoms. The minimum atomic E-state index is 0.427. The van der Waals surface area contributed by atoms with Crippen LogP contribution in [0.5, 0.6) is 0 Å². The summed E-state index contributed by atoms with van der Waals surface area (Å²) in [6.07, 6.45) is 20.9. The number of hydrogen-bond acceptors (Lipinski definition) is 0. The Labute approximate surface area is 116 Å². The van der Waals surface area contributed by atoms with E-state index < -0.39 is 0 Å². The van der Waals surface area contributed by atoms with Crippen LogP contribution >= 0.6 is 9.24 Å². The molecule has 0 N–H and O–H groups in total. The molecular weight excluding hydrogens is 235 g/mol. The van der Waals surface area contributed by atoms with E-state index in [1.807, 2.05) is 0 Å². The van der Waals surface area contributed by atoms with Crippen LogP contribution in [0.4, 0.5) is 0 Å². The molecule has 0 nitrogen and oxygen atoms in total. The summed E-state index contributed by atoms with van der Waals surface area (Å²) in [5, 5.41) is 0.427. The highest BCUT2D eigenvalue weighted by molar-refractivity contribution is 7.19. The van der Waals surface area contributed by atoms with Gasteiger partial charge in [0.2, 0.25) is 0 Å². The molecule has 2 fully saturated rings. The Hall–Kier alpha value is 0.170. The average Bonchev–Trinajstić information content (AvgIpc) is 2.46. The van der Waals surface area contributed by atoms with Crippen molar-refractivity contribution in [1.82, 2.24) is 0 Å². The first-order valence-electron chi connectivity index (χ1n) is 8.24. The summed E-state index contributed by atoms with van der Waals surface area (Å²) in [5.41, 5.74) is 0. The van der Waals surface area contributed by atoms with Crippen LogP contribution < -0.4 is 0 Å². The minimum absolute atomic E-state index is 0.427. The third kappa shape index (κ3) is 3.38. The van der Waals surface area contributed by atoms with Gasteiger partial charge in [-0.05, 0) is 43.9 Å². The van der Waals surface area contributed by atoms with Crippen molar-refractivity contribution in [1.29, 1.82) is 0 Å². The molecule has 2 aliphatic carbocycles. The second kappa shape index (κ2) is 7.09. The number of allylic oxidation sites excluding steroid dienone is 2. The van der Waals surface area contributed by atoms with Crippen LogP contribution in [-0.4, -0.2) is 5.16 Å². The van der Waals surface area contributed by atoms with Gasteiger partial charge in [-0.2, -0.15) is 0 Å². The molecule has 0 spiro atoms. The monoisotopic (exact) mass is 266 g/mol. The van der Waals surface area contributed by atoms with Crippen molar-refractivity contribution in [2.24, 2.45) is 11.8 Å². The molecule has 2 saturated carbocycles. The van der Waals surface area contributed by atoms with Crippen LogP contribution in [-0.2, 0) is 0 Å². The first-order chi connectivity index (χ1) is 8.77. The molecule has 0 aliphatic heterocycles. The van der Waals surface area contributed by atoms with Gasteiger partial charge in [-0.25, -0.2) is 0 Å². The van der Waals surface area contributed by atoms with Gasteiger partial charge in [0.1, 0.15) is 0 Å².